The molecule has 0 saturated carbocycles. The van der Waals surface area contributed by atoms with Crippen LogP contribution in [0.2, 0.25) is 0 Å². The van der Waals surface area contributed by atoms with E-state index in [1.54, 1.807) is 18.2 Å². The molecule has 10 heteroatoms. The summed E-state index contributed by atoms with van der Waals surface area (Å²) in [6, 6.07) is 10.4. The Morgan fingerprint density at radius 1 is 1.10 bits per heavy atom. The van der Waals surface area contributed by atoms with E-state index in [4.69, 9.17) is 0 Å². The molecule has 0 radical (unpaired) electrons. The van der Waals surface area contributed by atoms with E-state index in [1.165, 1.54) is 18.2 Å². The number of nitrogens with one attached hydrogen (secondary N) is 3. The third-order valence-electron chi connectivity index (χ3n) is 4.20. The van der Waals surface area contributed by atoms with E-state index in [1.807, 2.05) is 0 Å². The predicted octanol–water partition coefficient (Wildman–Crippen LogP) is 2.73. The molecule has 2 aromatic carbocycles. The van der Waals surface area contributed by atoms with Crippen LogP contribution >= 0.6 is 0 Å². The molecule has 1 fully saturated rings. The molecule has 4 amide bonds. The van der Waals surface area contributed by atoms with Gasteiger partial charge in [0.05, 0.1) is 23.4 Å². The van der Waals surface area contributed by atoms with E-state index in [0.717, 1.165) is 17.0 Å². The van der Waals surface area contributed by atoms with Crippen molar-refractivity contribution in [1.29, 1.82) is 0 Å². The molecule has 3 rings (SSSR count). The molecule has 3 N–H and O–H groups in total. The number of hydrogen-bond acceptors (Lipinski definition) is 4. The Morgan fingerprint density at radius 2 is 1.86 bits per heavy atom. The Kier molecular flexibility index (Phi) is 5.71. The number of carbonyl (C=O) groups is 3. The van der Waals surface area contributed by atoms with Crippen LogP contribution in [-0.4, -0.2) is 42.4 Å². The van der Waals surface area contributed by atoms with Gasteiger partial charge in [0.15, 0.2) is 0 Å². The van der Waals surface area contributed by atoms with Gasteiger partial charge >= 0.3 is 12.2 Å². The lowest BCUT2D eigenvalue weighted by atomic mass is 10.1. The summed E-state index contributed by atoms with van der Waals surface area (Å²) in [5.74, 6) is -0.872. The van der Waals surface area contributed by atoms with Crippen LogP contribution in [0.5, 0.6) is 0 Å². The second kappa shape index (κ2) is 8.21. The molecule has 0 spiro atoms. The number of amides is 4. The molecule has 1 heterocycles. The lowest BCUT2D eigenvalue weighted by molar-refractivity contribution is -0.137. The molecular formula is C19H17F3N4O3. The minimum Gasteiger partial charge on any atom is -0.355 e. The number of hydrogen-bond donors (Lipinski definition) is 3. The van der Waals surface area contributed by atoms with E-state index < -0.39 is 23.7 Å². The van der Waals surface area contributed by atoms with Gasteiger partial charge in [-0.25, -0.2) is 4.79 Å². The largest absolute Gasteiger partial charge is 0.416 e. The summed E-state index contributed by atoms with van der Waals surface area (Å²) < 4.78 is 38.7. The van der Waals surface area contributed by atoms with Crippen LogP contribution in [0.25, 0.3) is 0 Å². The van der Waals surface area contributed by atoms with Crippen molar-refractivity contribution >= 4 is 29.2 Å². The van der Waals surface area contributed by atoms with Gasteiger partial charge in [0.1, 0.15) is 0 Å². The van der Waals surface area contributed by atoms with Crippen LogP contribution in [0, 0.1) is 0 Å². The molecule has 1 saturated heterocycles. The number of benzene rings is 2. The first kappa shape index (κ1) is 20.2. The maximum absolute atomic E-state index is 12.9. The molecule has 0 aliphatic carbocycles. The third kappa shape index (κ3) is 4.84. The minimum absolute atomic E-state index is 0.0135. The van der Waals surface area contributed by atoms with Gasteiger partial charge in [-0.05, 0) is 30.3 Å². The van der Waals surface area contributed by atoms with Crippen LogP contribution in [0.1, 0.15) is 15.9 Å². The van der Waals surface area contributed by atoms with Crippen LogP contribution in [-0.2, 0) is 11.0 Å². The highest BCUT2D eigenvalue weighted by Crippen LogP contribution is 2.31. The number of rotatable bonds is 6. The number of urea groups is 1. The van der Waals surface area contributed by atoms with Crippen LogP contribution < -0.4 is 16.0 Å². The highest BCUT2D eigenvalue weighted by atomic mass is 19.4. The van der Waals surface area contributed by atoms with Crippen molar-refractivity contribution in [1.82, 2.24) is 15.5 Å². The van der Waals surface area contributed by atoms with Crippen molar-refractivity contribution in [3.63, 3.8) is 0 Å². The molecule has 152 valence electrons. The molecule has 0 bridgehead atoms. The average molecular weight is 406 g/mol. The zero-order chi connectivity index (χ0) is 21.0. The summed E-state index contributed by atoms with van der Waals surface area (Å²) >= 11 is 0. The maximum Gasteiger partial charge on any atom is 0.416 e. The average Bonchev–Trinajstić information content (AvgIpc) is 3.00. The van der Waals surface area contributed by atoms with Crippen molar-refractivity contribution in [3.8, 4) is 0 Å². The van der Waals surface area contributed by atoms with Crippen LogP contribution in [0.15, 0.2) is 48.5 Å². The molecule has 0 atom stereocenters. The second-order valence-electron chi connectivity index (χ2n) is 6.21. The SMILES string of the molecule is O=C(NCCN1C(=O)CNC1=O)c1ccccc1Nc1cccc(C(F)(F)F)c1. The fraction of sp³-hybridized carbons (Fsp3) is 0.211. The van der Waals surface area contributed by atoms with Gasteiger partial charge in [0.25, 0.3) is 5.91 Å². The van der Waals surface area contributed by atoms with Gasteiger partial charge in [-0.3, -0.25) is 14.5 Å². The number of anilines is 2. The molecule has 1 aliphatic heterocycles. The van der Waals surface area contributed by atoms with E-state index in [9.17, 15) is 27.6 Å². The van der Waals surface area contributed by atoms with Gasteiger partial charge < -0.3 is 16.0 Å². The summed E-state index contributed by atoms with van der Waals surface area (Å²) in [4.78, 5) is 36.5. The van der Waals surface area contributed by atoms with Crippen molar-refractivity contribution in [2.45, 2.75) is 6.18 Å². The van der Waals surface area contributed by atoms with Crippen LogP contribution in [0.4, 0.5) is 29.3 Å². The van der Waals surface area contributed by atoms with E-state index in [-0.39, 0.29) is 36.8 Å². The second-order valence-corrected chi connectivity index (χ2v) is 6.21. The first-order chi connectivity index (χ1) is 13.8. The van der Waals surface area contributed by atoms with Crippen molar-refractivity contribution in [2.75, 3.05) is 25.0 Å². The Balaban J connectivity index is 1.68. The quantitative estimate of drug-likeness (QED) is 0.644. The summed E-state index contributed by atoms with van der Waals surface area (Å²) in [5, 5.41) is 7.79. The standard InChI is InChI=1S/C19H17F3N4O3/c20-19(21,22)12-4-3-5-13(10-12)25-15-7-2-1-6-14(15)17(28)23-8-9-26-16(27)11-24-18(26)29/h1-7,10,25H,8-9,11H2,(H,23,28)(H,24,29). The van der Waals surface area contributed by atoms with Crippen molar-refractivity contribution in [2.24, 2.45) is 0 Å². The number of carbonyl (C=O) groups excluding carboxylic acids is 3. The van der Waals surface area contributed by atoms with Gasteiger partial charge in [0.2, 0.25) is 5.91 Å². The van der Waals surface area contributed by atoms with Gasteiger partial charge in [-0.1, -0.05) is 18.2 Å². The number of alkyl halides is 3. The molecule has 1 aliphatic rings. The Hall–Kier alpha value is -3.56. The zero-order valence-corrected chi connectivity index (χ0v) is 15.0. The fourth-order valence-corrected chi connectivity index (χ4v) is 2.78. The summed E-state index contributed by atoms with van der Waals surface area (Å²) in [7, 11) is 0. The van der Waals surface area contributed by atoms with Gasteiger partial charge in [0, 0.05) is 18.8 Å². The number of nitrogens with zero attached hydrogens (tertiary/aromatic N) is 1. The van der Waals surface area contributed by atoms with E-state index >= 15 is 0 Å². The first-order valence-corrected chi connectivity index (χ1v) is 8.65. The Morgan fingerprint density at radius 3 is 2.55 bits per heavy atom. The Labute approximate surface area is 163 Å². The predicted molar refractivity (Wildman–Crippen MR) is 98.6 cm³/mol. The van der Waals surface area contributed by atoms with E-state index in [2.05, 4.69) is 16.0 Å². The zero-order valence-electron chi connectivity index (χ0n) is 15.0. The smallest absolute Gasteiger partial charge is 0.355 e. The summed E-state index contributed by atoms with van der Waals surface area (Å²) in [6.07, 6.45) is -4.48. The topological polar surface area (TPSA) is 90.5 Å². The lowest BCUT2D eigenvalue weighted by Gasteiger charge is -2.15. The number of para-hydroxylation sites is 1. The van der Waals surface area contributed by atoms with Crippen molar-refractivity contribution in [3.05, 3.63) is 59.7 Å². The molecule has 2 aromatic rings. The molecule has 0 unspecified atom stereocenters. The molecule has 7 nitrogen and oxygen atoms in total. The highest BCUT2D eigenvalue weighted by molar-refractivity contribution is 6.02. The fourth-order valence-electron chi connectivity index (χ4n) is 2.78. The number of halogens is 3. The normalized spacial score (nSPS) is 14.0. The van der Waals surface area contributed by atoms with Crippen LogP contribution in [0.3, 0.4) is 0 Å². The molecular weight excluding hydrogens is 389 g/mol. The van der Waals surface area contributed by atoms with E-state index in [0.29, 0.717) is 5.69 Å². The Bertz CT molecular complexity index is 930. The van der Waals surface area contributed by atoms with Crippen molar-refractivity contribution < 1.29 is 27.6 Å². The summed E-state index contributed by atoms with van der Waals surface area (Å²) in [5.41, 5.74) is -0.0983. The maximum atomic E-state index is 12.9. The first-order valence-electron chi connectivity index (χ1n) is 8.65. The van der Waals surface area contributed by atoms with Gasteiger partial charge in [-0.2, -0.15) is 13.2 Å². The highest BCUT2D eigenvalue weighted by Gasteiger charge is 2.30. The number of imide groups is 1. The van der Waals surface area contributed by atoms with Gasteiger partial charge in [-0.15, -0.1) is 0 Å². The monoisotopic (exact) mass is 406 g/mol. The molecule has 29 heavy (non-hydrogen) atoms. The molecule has 0 aromatic heterocycles. The third-order valence-corrected chi connectivity index (χ3v) is 4.20. The minimum atomic E-state index is -4.48. The summed E-state index contributed by atoms with van der Waals surface area (Å²) in [6.45, 7) is -0.0218. The lowest BCUT2D eigenvalue weighted by Crippen LogP contribution is -2.38.